The van der Waals surface area contributed by atoms with Crippen LogP contribution in [0.1, 0.15) is 96.7 Å². The Labute approximate surface area is 485 Å². The van der Waals surface area contributed by atoms with Crippen molar-refractivity contribution in [1.82, 2.24) is 26.6 Å². The molecular weight excluding hydrogens is 1090 g/mol. The Hall–Kier alpha value is -3.41. The number of aliphatic hydroxyl groups is 9. The Balaban J connectivity index is 0.00000883. The second kappa shape index (κ2) is 41.6. The van der Waals surface area contributed by atoms with Gasteiger partial charge < -0.3 is 120 Å². The van der Waals surface area contributed by atoms with Crippen molar-refractivity contribution < 1.29 is 122 Å². The van der Waals surface area contributed by atoms with E-state index in [-0.39, 0.29) is 141 Å². The molecule has 0 aliphatic carbocycles. The van der Waals surface area contributed by atoms with Gasteiger partial charge in [-0.1, -0.05) is 28.2 Å². The molecule has 0 radical (unpaired) electrons. The molecule has 0 aromatic carbocycles. The number of aliphatic hydroxyl groups excluding tert-OH is 9. The van der Waals surface area contributed by atoms with Crippen LogP contribution in [0.4, 0.5) is 0 Å². The molecule has 0 bridgehead atoms. The number of amides is 5. The van der Waals surface area contributed by atoms with Crippen molar-refractivity contribution in [2.75, 3.05) is 119 Å². The molecular formula is C53H101N5O24. The van der Waals surface area contributed by atoms with Gasteiger partial charge in [-0.25, -0.2) is 0 Å². The normalized spacial score (nSPS) is 29.1. The molecule has 29 heteroatoms. The number of methoxy groups -OCH3 is 1. The van der Waals surface area contributed by atoms with Crippen molar-refractivity contribution in [2.24, 2.45) is 17.8 Å². The summed E-state index contributed by atoms with van der Waals surface area (Å²) in [5.74, 6) is -3.58. The van der Waals surface area contributed by atoms with Crippen molar-refractivity contribution >= 4 is 29.5 Å². The van der Waals surface area contributed by atoms with E-state index in [1.807, 2.05) is 0 Å². The van der Waals surface area contributed by atoms with Gasteiger partial charge in [0, 0.05) is 94.1 Å². The summed E-state index contributed by atoms with van der Waals surface area (Å²) in [6, 6.07) is 0. The van der Waals surface area contributed by atoms with E-state index in [2.05, 4.69) is 26.6 Å². The number of nitrogens with one attached hydrogen (secondary N) is 5. The van der Waals surface area contributed by atoms with E-state index >= 15 is 0 Å². The Kier molecular flexibility index (Phi) is 36.1. The van der Waals surface area contributed by atoms with Gasteiger partial charge in [0.1, 0.15) is 42.2 Å². The molecule has 82 heavy (non-hydrogen) atoms. The number of carbonyl (C=O) groups excluding carboxylic acids is 5. The first kappa shape index (κ1) is 71.1. The largest absolute Gasteiger partial charge is 0.394 e. The van der Waals surface area contributed by atoms with Crippen molar-refractivity contribution in [1.29, 1.82) is 0 Å². The maximum atomic E-state index is 13.6. The minimum absolute atomic E-state index is 0.0569. The second-order valence-electron chi connectivity index (χ2n) is 20.7. The maximum absolute atomic E-state index is 13.6. The molecule has 5 amide bonds. The van der Waals surface area contributed by atoms with Gasteiger partial charge in [-0.3, -0.25) is 24.0 Å². The summed E-state index contributed by atoms with van der Waals surface area (Å²) in [6.07, 6.45) is -11.4. The Bertz CT molecular complexity index is 1640. The van der Waals surface area contributed by atoms with Crippen molar-refractivity contribution in [2.45, 2.75) is 172 Å². The quantitative estimate of drug-likeness (QED) is 0.0260. The summed E-state index contributed by atoms with van der Waals surface area (Å²) in [4.78, 5) is 64.7. The fourth-order valence-corrected chi connectivity index (χ4v) is 8.83. The molecule has 0 saturated carbocycles. The predicted molar refractivity (Wildman–Crippen MR) is 291 cm³/mol. The first-order valence-corrected chi connectivity index (χ1v) is 28.1. The third-order valence-electron chi connectivity index (χ3n) is 14.0. The van der Waals surface area contributed by atoms with Crippen LogP contribution in [0, 0.1) is 17.8 Å². The summed E-state index contributed by atoms with van der Waals surface area (Å²) in [6.45, 7) is 4.13. The highest BCUT2D eigenvalue weighted by molar-refractivity contribution is 5.79. The van der Waals surface area contributed by atoms with Crippen LogP contribution in [-0.2, 0) is 71.3 Å². The minimum Gasteiger partial charge on any atom is -0.394 e. The van der Waals surface area contributed by atoms with E-state index in [0.717, 1.165) is 0 Å². The van der Waals surface area contributed by atoms with E-state index in [1.165, 1.54) is 7.40 Å². The van der Waals surface area contributed by atoms with Gasteiger partial charge in [0.15, 0.2) is 18.9 Å². The molecule has 482 valence electrons. The summed E-state index contributed by atoms with van der Waals surface area (Å²) < 4.78 is 72.6. The fraction of sp³-hybridized carbons (Fsp3) is 0.906. The number of hydrogen-bond acceptors (Lipinski definition) is 24. The van der Waals surface area contributed by atoms with E-state index in [4.69, 9.17) is 51.7 Å². The zero-order valence-corrected chi connectivity index (χ0v) is 48.4. The summed E-state index contributed by atoms with van der Waals surface area (Å²) in [5.41, 5.74) is -1.44. The highest BCUT2D eigenvalue weighted by atomic mass is 16.7. The van der Waals surface area contributed by atoms with E-state index < -0.39 is 123 Å². The van der Waals surface area contributed by atoms with Gasteiger partial charge in [0.05, 0.1) is 97.6 Å². The topological polar surface area (TPSA) is 420 Å². The van der Waals surface area contributed by atoms with Gasteiger partial charge in [0.25, 0.3) is 0 Å². The van der Waals surface area contributed by atoms with Crippen LogP contribution in [0.25, 0.3) is 0 Å². The smallest absolute Gasteiger partial charge is 0.222 e. The summed E-state index contributed by atoms with van der Waals surface area (Å²) in [5, 5.41) is 104. The SMILES string of the molecule is COCCCNC(=O)CCCC(=O)NC(COCCC(=O)NCCCO[C@@H]1OC(CO)[C@H](O)[C@H](O)C1C)(COCCC(=O)NCCCO[C@@H]1OC(CO)[C@H](O)[C@H](O)C1C)COCCC(=O)NCCCO[C@@H]1OC(CO)[C@H](O)[C@H](O)C1C.[3H]C.[3H][3H]. The van der Waals surface area contributed by atoms with Crippen LogP contribution in [-0.4, -0.2) is 274 Å². The second-order valence-corrected chi connectivity index (χ2v) is 20.7. The lowest BCUT2D eigenvalue weighted by Gasteiger charge is -2.40. The van der Waals surface area contributed by atoms with Gasteiger partial charge in [-0.05, 0) is 32.1 Å². The average molecular weight is 1200 g/mol. The molecule has 3 saturated heterocycles. The first-order valence-electron chi connectivity index (χ1n) is 30.1. The Morgan fingerprint density at radius 2 is 0.756 bits per heavy atom. The lowest BCUT2D eigenvalue weighted by atomic mass is 9.92. The molecule has 3 rings (SSSR count). The van der Waals surface area contributed by atoms with E-state index in [1.54, 1.807) is 27.9 Å². The van der Waals surface area contributed by atoms with Crippen molar-refractivity contribution in [3.8, 4) is 0 Å². The Morgan fingerprint density at radius 3 is 1.06 bits per heavy atom. The first-order chi connectivity index (χ1) is 40.8. The van der Waals surface area contributed by atoms with Crippen LogP contribution < -0.4 is 26.6 Å². The van der Waals surface area contributed by atoms with Crippen molar-refractivity contribution in [3.05, 3.63) is 0 Å². The number of ether oxygens (including phenoxy) is 10. The zero-order valence-electron chi connectivity index (χ0n) is 51.4. The average Bonchev–Trinajstić information content (AvgIpc) is 3.68. The van der Waals surface area contributed by atoms with Gasteiger partial charge >= 0.3 is 0 Å². The Morgan fingerprint density at radius 1 is 0.463 bits per heavy atom. The number of hydrogen-bond donors (Lipinski definition) is 14. The molecule has 0 aromatic rings. The third-order valence-corrected chi connectivity index (χ3v) is 14.0. The van der Waals surface area contributed by atoms with Crippen molar-refractivity contribution in [3.63, 3.8) is 0 Å². The highest BCUT2D eigenvalue weighted by Crippen LogP contribution is 2.29. The van der Waals surface area contributed by atoms with Crippen LogP contribution in [0.15, 0.2) is 0 Å². The molecule has 3 aliphatic rings. The maximum Gasteiger partial charge on any atom is 0.222 e. The molecule has 3 heterocycles. The van der Waals surface area contributed by atoms with Gasteiger partial charge in [-0.15, -0.1) is 0 Å². The molecule has 0 spiro atoms. The van der Waals surface area contributed by atoms with Crippen LogP contribution >= 0.6 is 0 Å². The molecule has 29 nitrogen and oxygen atoms in total. The molecule has 0 aromatic heterocycles. The van der Waals surface area contributed by atoms with Crippen LogP contribution in [0.2, 0.25) is 0 Å². The standard InChI is InChI=1S/C52H95N5O24.CH4.H2/c1-32-43(66)46(69)35(26-58)79-49(32)76-20-7-16-54-39(62)12-23-73-29-52(57-42(65)11-5-10-38(61)53-15-6-19-72-4,30-74-24-13-40(63)55-17-8-21-77-50-33(2)44(67)47(70)36(27-59)80-50)31-75-25-14-41(64)56-18-9-22-78-51-34(3)45(68)48(71)37(28-60)81-51;;/h32-37,43-51,58-60,66-71H,5-31H2,1-4H3,(H,53,61)(H,54,62)(H,55,63)(H,56,64)(H,57,65);1H4;1H/t32?,33?,34?,35?,36?,37?,43-,44-,45-,46+,47+,48+,49-,50-,51-,52?;;/m1../s1/i;1T;1+2T. The fourth-order valence-electron chi connectivity index (χ4n) is 8.83. The third kappa shape index (κ3) is 26.9. The lowest BCUT2D eigenvalue weighted by Crippen LogP contribution is -2.58. The number of carbonyl (C=O) groups is 5. The predicted octanol–water partition coefficient (Wildman–Crippen LogP) is -3.94. The molecule has 3 fully saturated rings. The van der Waals surface area contributed by atoms with Crippen LogP contribution in [0.5, 0.6) is 0 Å². The number of rotatable bonds is 42. The molecule has 14 N–H and O–H groups in total. The van der Waals surface area contributed by atoms with Crippen LogP contribution in [0.3, 0.4) is 0 Å². The summed E-state index contributed by atoms with van der Waals surface area (Å²) in [7, 11) is 2.81. The lowest BCUT2D eigenvalue weighted by molar-refractivity contribution is -0.282. The van der Waals surface area contributed by atoms with Gasteiger partial charge in [-0.2, -0.15) is 0 Å². The summed E-state index contributed by atoms with van der Waals surface area (Å²) >= 11 is 0. The highest BCUT2D eigenvalue weighted by Gasteiger charge is 2.45. The molecule has 15 atom stereocenters. The monoisotopic (exact) mass is 1200 g/mol. The molecule has 3 aliphatic heterocycles. The van der Waals surface area contributed by atoms with Gasteiger partial charge in [0.2, 0.25) is 29.5 Å². The van der Waals surface area contributed by atoms with E-state index in [9.17, 15) is 69.9 Å². The zero-order chi connectivity index (χ0) is 63.7. The minimum atomic E-state index is -1.44. The van der Waals surface area contributed by atoms with E-state index in [0.29, 0.717) is 38.8 Å². The molecule has 6 unspecified atom stereocenters.